The molecule has 8 nitrogen and oxygen atoms in total. The van der Waals surface area contributed by atoms with E-state index in [1.807, 2.05) is 28.8 Å². The number of morpholine rings is 1. The number of halogens is 1. The van der Waals surface area contributed by atoms with Crippen molar-refractivity contribution in [2.24, 2.45) is 0 Å². The van der Waals surface area contributed by atoms with Crippen LogP contribution in [0.5, 0.6) is 0 Å². The van der Waals surface area contributed by atoms with Gasteiger partial charge in [0.15, 0.2) is 0 Å². The lowest BCUT2D eigenvalue weighted by molar-refractivity contribution is -0.124. The maximum atomic E-state index is 13.5. The van der Waals surface area contributed by atoms with Gasteiger partial charge in [-0.15, -0.1) is 0 Å². The predicted molar refractivity (Wildman–Crippen MR) is 118 cm³/mol. The molecule has 3 heterocycles. The molecule has 0 bridgehead atoms. The monoisotopic (exact) mass is 437 g/mol. The molecule has 1 saturated heterocycles. The van der Waals surface area contributed by atoms with Crippen molar-refractivity contribution < 1.29 is 18.7 Å². The summed E-state index contributed by atoms with van der Waals surface area (Å²) in [5.41, 5.74) is 1.95. The molecule has 2 amide bonds. The highest BCUT2D eigenvalue weighted by molar-refractivity contribution is 6.05. The van der Waals surface area contributed by atoms with E-state index >= 15 is 0 Å². The van der Waals surface area contributed by atoms with Gasteiger partial charge in [0.1, 0.15) is 11.9 Å². The van der Waals surface area contributed by atoms with Crippen molar-refractivity contribution in [3.05, 3.63) is 54.3 Å². The molecule has 0 unspecified atom stereocenters. The Morgan fingerprint density at radius 1 is 1.12 bits per heavy atom. The van der Waals surface area contributed by atoms with Gasteiger partial charge in [-0.3, -0.25) is 24.0 Å². The molecule has 1 aromatic heterocycles. The zero-order chi connectivity index (χ0) is 22.1. The van der Waals surface area contributed by atoms with Gasteiger partial charge in [0.25, 0.3) is 5.91 Å². The minimum Gasteiger partial charge on any atom is -0.379 e. The molecular formula is C23H24FN5O3. The molecule has 3 aromatic rings. The summed E-state index contributed by atoms with van der Waals surface area (Å²) in [5.74, 6) is -0.376. The average molecular weight is 437 g/mol. The Balaban J connectivity index is 1.38. The maximum Gasteiger partial charge on any atom is 0.253 e. The van der Waals surface area contributed by atoms with E-state index in [1.165, 1.54) is 18.2 Å². The largest absolute Gasteiger partial charge is 0.379 e. The van der Waals surface area contributed by atoms with Crippen molar-refractivity contribution in [3.8, 4) is 0 Å². The Morgan fingerprint density at radius 2 is 1.94 bits per heavy atom. The van der Waals surface area contributed by atoms with Crippen molar-refractivity contribution in [1.29, 1.82) is 0 Å². The van der Waals surface area contributed by atoms with Crippen LogP contribution in [-0.2, 0) is 14.3 Å². The molecule has 0 spiro atoms. The fraction of sp³-hybridized carbons (Fsp3) is 0.348. The summed E-state index contributed by atoms with van der Waals surface area (Å²) in [5, 5.41) is 2.69. The quantitative estimate of drug-likeness (QED) is 0.641. The van der Waals surface area contributed by atoms with Crippen LogP contribution in [0.15, 0.2) is 48.5 Å². The van der Waals surface area contributed by atoms with Crippen LogP contribution in [0.25, 0.3) is 11.0 Å². The van der Waals surface area contributed by atoms with Crippen LogP contribution in [0.4, 0.5) is 16.0 Å². The van der Waals surface area contributed by atoms with Crippen molar-refractivity contribution in [2.75, 3.05) is 49.6 Å². The van der Waals surface area contributed by atoms with Crippen molar-refractivity contribution >= 4 is 34.5 Å². The maximum absolute atomic E-state index is 13.5. The van der Waals surface area contributed by atoms with Gasteiger partial charge >= 0.3 is 0 Å². The molecule has 2 aromatic carbocycles. The molecule has 166 valence electrons. The van der Waals surface area contributed by atoms with Gasteiger partial charge in [-0.25, -0.2) is 9.37 Å². The number of nitrogens with one attached hydrogen (secondary N) is 1. The number of nitrogens with zero attached hydrogens (tertiary/aromatic N) is 4. The predicted octanol–water partition coefficient (Wildman–Crippen LogP) is 2.42. The van der Waals surface area contributed by atoms with E-state index in [2.05, 4.69) is 15.2 Å². The first-order valence-corrected chi connectivity index (χ1v) is 10.7. The number of hydrogen-bond acceptors (Lipinski definition) is 5. The summed E-state index contributed by atoms with van der Waals surface area (Å²) >= 11 is 0. The summed E-state index contributed by atoms with van der Waals surface area (Å²) in [4.78, 5) is 34.7. The van der Waals surface area contributed by atoms with E-state index in [0.29, 0.717) is 37.9 Å². The topological polar surface area (TPSA) is 79.7 Å². The van der Waals surface area contributed by atoms with Gasteiger partial charge in [-0.1, -0.05) is 18.2 Å². The van der Waals surface area contributed by atoms with Gasteiger partial charge in [0, 0.05) is 31.9 Å². The van der Waals surface area contributed by atoms with Gasteiger partial charge in [-0.2, -0.15) is 0 Å². The zero-order valence-corrected chi connectivity index (χ0v) is 17.5. The van der Waals surface area contributed by atoms with E-state index < -0.39 is 11.9 Å². The van der Waals surface area contributed by atoms with Crippen LogP contribution in [0, 0.1) is 5.82 Å². The third-order valence-corrected chi connectivity index (χ3v) is 5.91. The van der Waals surface area contributed by atoms with Crippen LogP contribution < -0.4 is 10.2 Å². The van der Waals surface area contributed by atoms with Crippen LogP contribution in [0.3, 0.4) is 0 Å². The first-order valence-electron chi connectivity index (χ1n) is 10.7. The Kier molecular flexibility index (Phi) is 5.59. The molecule has 9 heteroatoms. The molecule has 5 rings (SSSR count). The third kappa shape index (κ3) is 3.96. The van der Waals surface area contributed by atoms with Gasteiger partial charge in [0.2, 0.25) is 11.9 Å². The first-order chi connectivity index (χ1) is 15.6. The summed E-state index contributed by atoms with van der Waals surface area (Å²) in [6.07, 6.45) is -0.0588. The molecule has 2 aliphatic heterocycles. The first kappa shape index (κ1) is 20.6. The number of benzene rings is 2. The minimum atomic E-state index is -0.698. The number of hydrogen-bond donors (Lipinski definition) is 1. The lowest BCUT2D eigenvalue weighted by Gasteiger charge is -2.28. The second-order valence-electron chi connectivity index (χ2n) is 7.99. The standard InChI is InChI=1S/C23H24FN5O3/c24-16-4-3-5-17(14-16)25-21(30)15-20-22(31)28(9-8-27-10-12-32-13-11-27)23-26-18-6-1-2-7-19(18)29(20)23/h1-7,14,20H,8-13,15H2,(H,25,30)/t20-/m0/s1. The normalized spacial score (nSPS) is 18.8. The number of amides is 2. The molecule has 1 atom stereocenters. The van der Waals surface area contributed by atoms with Crippen LogP contribution in [0.1, 0.15) is 12.5 Å². The Hall–Kier alpha value is -3.30. The summed E-state index contributed by atoms with van der Waals surface area (Å²) in [6.45, 7) is 4.24. The van der Waals surface area contributed by atoms with Gasteiger partial charge in [-0.05, 0) is 30.3 Å². The molecular weight excluding hydrogens is 413 g/mol. The van der Waals surface area contributed by atoms with Crippen LogP contribution >= 0.6 is 0 Å². The number of aromatic nitrogens is 2. The summed E-state index contributed by atoms with van der Waals surface area (Å²) in [7, 11) is 0. The zero-order valence-electron chi connectivity index (χ0n) is 17.5. The molecule has 32 heavy (non-hydrogen) atoms. The number of fused-ring (bicyclic) bond motifs is 3. The molecule has 0 radical (unpaired) electrons. The number of carbonyl (C=O) groups excluding carboxylic acids is 2. The fourth-order valence-electron chi connectivity index (χ4n) is 4.33. The number of imidazole rings is 1. The second kappa shape index (κ2) is 8.68. The number of anilines is 2. The number of rotatable bonds is 6. The van der Waals surface area contributed by atoms with Crippen molar-refractivity contribution in [2.45, 2.75) is 12.5 Å². The van der Waals surface area contributed by atoms with Crippen LogP contribution in [0.2, 0.25) is 0 Å². The number of para-hydroxylation sites is 2. The van der Waals surface area contributed by atoms with E-state index in [-0.39, 0.29) is 18.2 Å². The fourth-order valence-corrected chi connectivity index (χ4v) is 4.33. The Morgan fingerprint density at radius 3 is 2.75 bits per heavy atom. The summed E-state index contributed by atoms with van der Waals surface area (Å²) in [6, 6.07) is 12.6. The van der Waals surface area contributed by atoms with Crippen molar-refractivity contribution in [3.63, 3.8) is 0 Å². The third-order valence-electron chi connectivity index (χ3n) is 5.91. The molecule has 1 fully saturated rings. The molecule has 0 saturated carbocycles. The highest BCUT2D eigenvalue weighted by Crippen LogP contribution is 2.36. The van der Waals surface area contributed by atoms with Crippen LogP contribution in [-0.4, -0.2) is 65.7 Å². The van der Waals surface area contributed by atoms with Crippen molar-refractivity contribution in [1.82, 2.24) is 14.5 Å². The smallest absolute Gasteiger partial charge is 0.253 e. The minimum absolute atomic E-state index is 0.0588. The van der Waals surface area contributed by atoms with Gasteiger partial charge < -0.3 is 10.1 Å². The average Bonchev–Trinajstić information content (AvgIpc) is 3.28. The van der Waals surface area contributed by atoms with E-state index in [0.717, 1.165) is 24.1 Å². The van der Waals surface area contributed by atoms with Gasteiger partial charge in [0.05, 0.1) is 30.7 Å². The molecule has 0 aliphatic carbocycles. The Labute approximate surface area is 184 Å². The lowest BCUT2D eigenvalue weighted by atomic mass is 10.1. The Bertz CT molecular complexity index is 1160. The van der Waals surface area contributed by atoms with E-state index in [4.69, 9.17) is 4.74 Å². The van der Waals surface area contributed by atoms with E-state index in [9.17, 15) is 14.0 Å². The number of ether oxygens (including phenoxy) is 1. The number of carbonyl (C=O) groups is 2. The lowest BCUT2D eigenvalue weighted by Crippen LogP contribution is -2.42. The molecule has 2 aliphatic rings. The SMILES string of the molecule is O=C(C[C@H]1C(=O)N(CCN2CCOCC2)c2nc3ccccc3n21)Nc1cccc(F)c1. The second-order valence-corrected chi connectivity index (χ2v) is 7.99. The molecule has 1 N–H and O–H groups in total. The highest BCUT2D eigenvalue weighted by atomic mass is 19.1. The highest BCUT2D eigenvalue weighted by Gasteiger charge is 2.40. The van der Waals surface area contributed by atoms with E-state index in [1.54, 1.807) is 11.0 Å². The summed E-state index contributed by atoms with van der Waals surface area (Å²) < 4.78 is 20.7.